The standard InChI is InChI=1S/C15H17N3O4S2/c1-21-10-7-9-12(8-11(10)22-2)24-14(16-9)17-13(19)3-4-18-5-6-23-15(18)20/h7-8H,3-6H2,1-2H3,(H,16,17,19). The fourth-order valence-electron chi connectivity index (χ4n) is 2.36. The molecule has 9 heteroatoms. The zero-order valence-electron chi connectivity index (χ0n) is 13.3. The first-order valence-corrected chi connectivity index (χ1v) is 9.15. The van der Waals surface area contributed by atoms with Gasteiger partial charge in [0.1, 0.15) is 0 Å². The Balaban J connectivity index is 1.66. The summed E-state index contributed by atoms with van der Waals surface area (Å²) in [7, 11) is 3.14. The van der Waals surface area contributed by atoms with Gasteiger partial charge in [-0.1, -0.05) is 23.1 Å². The van der Waals surface area contributed by atoms with E-state index in [9.17, 15) is 9.59 Å². The van der Waals surface area contributed by atoms with Gasteiger partial charge in [-0.15, -0.1) is 0 Å². The fourth-order valence-corrected chi connectivity index (χ4v) is 4.10. The second-order valence-electron chi connectivity index (χ2n) is 5.09. The van der Waals surface area contributed by atoms with E-state index >= 15 is 0 Å². The molecule has 1 aliphatic heterocycles. The average Bonchev–Trinajstić information content (AvgIpc) is 3.16. The van der Waals surface area contributed by atoms with Crippen LogP contribution < -0.4 is 14.8 Å². The molecule has 24 heavy (non-hydrogen) atoms. The van der Waals surface area contributed by atoms with Gasteiger partial charge < -0.3 is 19.7 Å². The number of anilines is 1. The summed E-state index contributed by atoms with van der Waals surface area (Å²) < 4.78 is 11.4. The summed E-state index contributed by atoms with van der Waals surface area (Å²) in [6.07, 6.45) is 0.259. The molecular weight excluding hydrogens is 350 g/mol. The number of nitrogens with one attached hydrogen (secondary N) is 1. The molecule has 0 bridgehead atoms. The van der Waals surface area contributed by atoms with Crippen LogP contribution in [0.25, 0.3) is 10.2 Å². The first-order valence-electron chi connectivity index (χ1n) is 7.35. The maximum Gasteiger partial charge on any atom is 0.281 e. The van der Waals surface area contributed by atoms with Gasteiger partial charge >= 0.3 is 0 Å². The van der Waals surface area contributed by atoms with E-state index in [0.29, 0.717) is 29.7 Å². The minimum Gasteiger partial charge on any atom is -0.493 e. The fraction of sp³-hybridized carbons (Fsp3) is 0.400. The van der Waals surface area contributed by atoms with Crippen molar-refractivity contribution in [2.24, 2.45) is 0 Å². The topological polar surface area (TPSA) is 80.8 Å². The molecule has 1 fully saturated rings. The number of carbonyl (C=O) groups excluding carboxylic acids is 2. The molecule has 2 heterocycles. The molecule has 0 aliphatic carbocycles. The first kappa shape index (κ1) is 16.8. The highest BCUT2D eigenvalue weighted by molar-refractivity contribution is 8.13. The van der Waals surface area contributed by atoms with Crippen LogP contribution >= 0.6 is 23.1 Å². The average molecular weight is 367 g/mol. The van der Waals surface area contributed by atoms with Crippen LogP contribution in [-0.2, 0) is 4.79 Å². The Morgan fingerprint density at radius 1 is 1.33 bits per heavy atom. The Labute approximate surface area is 147 Å². The van der Waals surface area contributed by atoms with Crippen LogP contribution in [0.1, 0.15) is 6.42 Å². The maximum absolute atomic E-state index is 12.1. The second kappa shape index (κ2) is 7.27. The quantitative estimate of drug-likeness (QED) is 0.846. The van der Waals surface area contributed by atoms with Gasteiger partial charge in [0.2, 0.25) is 5.91 Å². The van der Waals surface area contributed by atoms with Crippen molar-refractivity contribution in [1.82, 2.24) is 9.88 Å². The molecule has 1 aromatic carbocycles. The summed E-state index contributed by atoms with van der Waals surface area (Å²) in [6, 6.07) is 3.61. The molecule has 0 radical (unpaired) electrons. The third kappa shape index (κ3) is 3.57. The SMILES string of the molecule is COc1cc2nc(NC(=O)CCN3CCSC3=O)sc2cc1OC. The monoisotopic (exact) mass is 367 g/mol. The maximum atomic E-state index is 12.1. The molecule has 0 spiro atoms. The van der Waals surface area contributed by atoms with Crippen molar-refractivity contribution in [3.8, 4) is 11.5 Å². The summed E-state index contributed by atoms with van der Waals surface area (Å²) in [4.78, 5) is 29.7. The van der Waals surface area contributed by atoms with E-state index in [0.717, 1.165) is 16.0 Å². The summed E-state index contributed by atoms with van der Waals surface area (Å²) in [5.74, 6) is 1.86. The van der Waals surface area contributed by atoms with Gasteiger partial charge in [0.15, 0.2) is 16.6 Å². The first-order chi connectivity index (χ1) is 11.6. The van der Waals surface area contributed by atoms with E-state index in [-0.39, 0.29) is 17.6 Å². The lowest BCUT2D eigenvalue weighted by Crippen LogP contribution is -2.27. The number of rotatable bonds is 6. The van der Waals surface area contributed by atoms with Crippen LogP contribution in [-0.4, -0.2) is 54.1 Å². The van der Waals surface area contributed by atoms with Gasteiger partial charge in [0.05, 0.1) is 24.4 Å². The molecule has 7 nitrogen and oxygen atoms in total. The van der Waals surface area contributed by atoms with Gasteiger partial charge in [-0.05, 0) is 0 Å². The number of benzene rings is 1. The van der Waals surface area contributed by atoms with Crippen molar-refractivity contribution in [3.63, 3.8) is 0 Å². The molecule has 0 saturated carbocycles. The van der Waals surface area contributed by atoms with Crippen molar-refractivity contribution in [3.05, 3.63) is 12.1 Å². The van der Waals surface area contributed by atoms with Gasteiger partial charge in [-0.2, -0.15) is 0 Å². The number of hydrogen-bond donors (Lipinski definition) is 1. The highest BCUT2D eigenvalue weighted by Crippen LogP contribution is 2.36. The smallest absolute Gasteiger partial charge is 0.281 e. The number of thiazole rings is 1. The third-order valence-corrected chi connectivity index (χ3v) is 5.42. The number of thioether (sulfide) groups is 1. The molecule has 2 aromatic rings. The molecule has 3 rings (SSSR count). The number of ether oxygens (including phenoxy) is 2. The van der Waals surface area contributed by atoms with Gasteiger partial charge in [-0.25, -0.2) is 4.98 Å². The van der Waals surface area contributed by atoms with Crippen LogP contribution in [0, 0.1) is 0 Å². The van der Waals surface area contributed by atoms with Crippen molar-refractivity contribution >= 4 is 49.6 Å². The highest BCUT2D eigenvalue weighted by Gasteiger charge is 2.21. The normalized spacial score (nSPS) is 14.2. The number of amides is 2. The minimum atomic E-state index is -0.155. The van der Waals surface area contributed by atoms with Crippen molar-refractivity contribution in [1.29, 1.82) is 0 Å². The van der Waals surface area contributed by atoms with Crippen LogP contribution in [0.15, 0.2) is 12.1 Å². The zero-order valence-corrected chi connectivity index (χ0v) is 15.0. The van der Waals surface area contributed by atoms with Crippen molar-refractivity contribution in [2.45, 2.75) is 6.42 Å². The van der Waals surface area contributed by atoms with Crippen LogP contribution in [0.3, 0.4) is 0 Å². The zero-order chi connectivity index (χ0) is 17.1. The molecule has 2 amide bonds. The number of aromatic nitrogens is 1. The Bertz CT molecular complexity index is 736. The van der Waals surface area contributed by atoms with E-state index in [1.807, 2.05) is 6.07 Å². The number of nitrogens with zero attached hydrogens (tertiary/aromatic N) is 2. The van der Waals surface area contributed by atoms with Crippen LogP contribution in [0.2, 0.25) is 0 Å². The lowest BCUT2D eigenvalue weighted by Gasteiger charge is -2.13. The molecule has 0 unspecified atom stereocenters. The third-order valence-electron chi connectivity index (χ3n) is 3.59. The largest absolute Gasteiger partial charge is 0.493 e. The summed E-state index contributed by atoms with van der Waals surface area (Å²) in [5, 5.41) is 3.35. The minimum absolute atomic E-state index is 0.0435. The highest BCUT2D eigenvalue weighted by atomic mass is 32.2. The van der Waals surface area contributed by atoms with Gasteiger partial charge in [-0.3, -0.25) is 9.59 Å². The predicted octanol–water partition coefficient (Wildman–Crippen LogP) is 2.81. The number of methoxy groups -OCH3 is 2. The van der Waals surface area contributed by atoms with Crippen LogP contribution in [0.4, 0.5) is 9.93 Å². The predicted molar refractivity (Wildman–Crippen MR) is 95.4 cm³/mol. The number of fused-ring (bicyclic) bond motifs is 1. The molecule has 1 N–H and O–H groups in total. The van der Waals surface area contributed by atoms with Crippen molar-refractivity contribution in [2.75, 3.05) is 38.4 Å². The van der Waals surface area contributed by atoms with E-state index in [2.05, 4.69) is 10.3 Å². The van der Waals surface area contributed by atoms with Gasteiger partial charge in [0, 0.05) is 37.4 Å². The van der Waals surface area contributed by atoms with E-state index in [1.165, 1.54) is 23.1 Å². The summed E-state index contributed by atoms with van der Waals surface area (Å²) in [5.41, 5.74) is 0.735. The molecule has 0 atom stereocenters. The summed E-state index contributed by atoms with van der Waals surface area (Å²) >= 11 is 2.66. The molecular formula is C15H17N3O4S2. The Kier molecular flexibility index (Phi) is 5.10. The number of hydrogen-bond acceptors (Lipinski definition) is 7. The summed E-state index contributed by atoms with van der Waals surface area (Å²) in [6.45, 7) is 1.14. The Hall–Kier alpha value is -2.00. The molecule has 1 aliphatic rings. The number of carbonyl (C=O) groups is 2. The lowest BCUT2D eigenvalue weighted by atomic mass is 10.3. The second-order valence-corrected chi connectivity index (χ2v) is 7.17. The Morgan fingerprint density at radius 2 is 2.08 bits per heavy atom. The molecule has 128 valence electrons. The van der Waals surface area contributed by atoms with E-state index in [1.54, 1.807) is 25.2 Å². The van der Waals surface area contributed by atoms with Gasteiger partial charge in [0.25, 0.3) is 5.24 Å². The van der Waals surface area contributed by atoms with Crippen LogP contribution in [0.5, 0.6) is 11.5 Å². The van der Waals surface area contributed by atoms with Crippen molar-refractivity contribution < 1.29 is 19.1 Å². The van der Waals surface area contributed by atoms with E-state index in [4.69, 9.17) is 9.47 Å². The lowest BCUT2D eigenvalue weighted by molar-refractivity contribution is -0.116. The van der Waals surface area contributed by atoms with E-state index < -0.39 is 0 Å². The molecule has 1 saturated heterocycles. The Morgan fingerprint density at radius 3 is 2.75 bits per heavy atom. The molecule has 1 aromatic heterocycles.